The minimum absolute atomic E-state index is 0.252. The molecule has 3 aliphatic rings. The predicted molar refractivity (Wildman–Crippen MR) is 60.3 cm³/mol. The highest BCUT2D eigenvalue weighted by atomic mass is 16.6. The van der Waals surface area contributed by atoms with Gasteiger partial charge in [0.1, 0.15) is 0 Å². The second-order valence-electron chi connectivity index (χ2n) is 5.17. The molecule has 3 fully saturated rings. The number of carbonyl (C=O) groups is 1. The molecular weight excluding hydrogens is 204 g/mol. The van der Waals surface area contributed by atoms with Crippen LogP contribution in [0, 0.1) is 0 Å². The molecule has 0 aromatic carbocycles. The summed E-state index contributed by atoms with van der Waals surface area (Å²) in [5, 5.41) is 0. The Balaban J connectivity index is 1.57. The Morgan fingerprint density at radius 1 is 1.19 bits per heavy atom. The zero-order valence-electron chi connectivity index (χ0n) is 9.73. The molecule has 3 rings (SSSR count). The molecule has 2 heterocycles. The summed E-state index contributed by atoms with van der Waals surface area (Å²) in [6.07, 6.45) is 6.67. The van der Waals surface area contributed by atoms with Crippen LogP contribution < -0.4 is 0 Å². The lowest BCUT2D eigenvalue weighted by molar-refractivity contribution is 0.161. The summed E-state index contributed by atoms with van der Waals surface area (Å²) in [6.45, 7) is 3.47. The maximum absolute atomic E-state index is 12.2. The van der Waals surface area contributed by atoms with Crippen molar-refractivity contribution >= 4 is 6.03 Å². The van der Waals surface area contributed by atoms with Crippen LogP contribution >= 0.6 is 0 Å². The third-order valence-corrected chi connectivity index (χ3v) is 3.97. The molecule has 0 radical (unpaired) electrons. The lowest BCUT2D eigenvalue weighted by Crippen LogP contribution is -2.41. The first-order valence-corrected chi connectivity index (χ1v) is 6.52. The number of carbonyl (C=O) groups excluding carboxylic acids is 1. The molecule has 4 heteroatoms. The molecule has 2 saturated heterocycles. The molecule has 0 N–H and O–H groups in total. The molecule has 0 aromatic heterocycles. The summed E-state index contributed by atoms with van der Waals surface area (Å²) in [4.78, 5) is 16.2. The molecule has 1 saturated carbocycles. The molecule has 1 aliphatic carbocycles. The number of nitrogens with zero attached hydrogens (tertiary/aromatic N) is 2. The number of hydrogen-bond donors (Lipinski definition) is 0. The Morgan fingerprint density at radius 2 is 1.94 bits per heavy atom. The fraction of sp³-hybridized carbons (Fsp3) is 0.917. The highest BCUT2D eigenvalue weighted by Crippen LogP contribution is 2.26. The van der Waals surface area contributed by atoms with Gasteiger partial charge in [0.05, 0.1) is 19.3 Å². The number of amides is 2. The third kappa shape index (κ3) is 2.03. The van der Waals surface area contributed by atoms with Crippen LogP contribution in [-0.2, 0) is 4.74 Å². The van der Waals surface area contributed by atoms with E-state index < -0.39 is 0 Å². The van der Waals surface area contributed by atoms with Crippen molar-refractivity contribution in [2.75, 3.05) is 26.2 Å². The van der Waals surface area contributed by atoms with Crippen LogP contribution in [0.3, 0.4) is 0 Å². The number of ether oxygens (including phenoxy) is 1. The molecular formula is C12H20N2O2. The van der Waals surface area contributed by atoms with Crippen molar-refractivity contribution in [3.63, 3.8) is 0 Å². The highest BCUT2D eigenvalue weighted by molar-refractivity contribution is 5.77. The van der Waals surface area contributed by atoms with Gasteiger partial charge in [-0.1, -0.05) is 19.3 Å². The van der Waals surface area contributed by atoms with Crippen molar-refractivity contribution in [2.45, 2.75) is 44.2 Å². The maximum Gasteiger partial charge on any atom is 0.320 e. The molecule has 16 heavy (non-hydrogen) atoms. The van der Waals surface area contributed by atoms with E-state index in [9.17, 15) is 4.79 Å². The first-order chi connectivity index (χ1) is 7.84. The van der Waals surface area contributed by atoms with Crippen LogP contribution in [0.2, 0.25) is 0 Å². The van der Waals surface area contributed by atoms with E-state index in [1.54, 1.807) is 0 Å². The van der Waals surface area contributed by atoms with Gasteiger partial charge in [-0.2, -0.15) is 0 Å². The number of hydrogen-bond acceptors (Lipinski definition) is 2. The Labute approximate surface area is 96.5 Å². The van der Waals surface area contributed by atoms with Crippen LogP contribution in [0.15, 0.2) is 0 Å². The van der Waals surface area contributed by atoms with Crippen molar-refractivity contribution in [1.29, 1.82) is 0 Å². The largest absolute Gasteiger partial charge is 0.371 e. The average Bonchev–Trinajstić information content (AvgIpc) is 3.06. The van der Waals surface area contributed by atoms with Gasteiger partial charge in [0.2, 0.25) is 0 Å². The molecule has 2 aliphatic heterocycles. The summed E-state index contributed by atoms with van der Waals surface area (Å²) in [6, 6.07) is 0.772. The van der Waals surface area contributed by atoms with Gasteiger partial charge in [0.25, 0.3) is 0 Å². The van der Waals surface area contributed by atoms with E-state index in [0.29, 0.717) is 12.1 Å². The molecule has 0 bridgehead atoms. The second kappa shape index (κ2) is 4.24. The quantitative estimate of drug-likeness (QED) is 0.680. The molecule has 1 unspecified atom stereocenters. The maximum atomic E-state index is 12.2. The summed E-state index contributed by atoms with van der Waals surface area (Å²) in [5.41, 5.74) is 0. The third-order valence-electron chi connectivity index (χ3n) is 3.97. The van der Waals surface area contributed by atoms with Crippen LogP contribution in [0.4, 0.5) is 4.79 Å². The summed E-state index contributed by atoms with van der Waals surface area (Å²) in [7, 11) is 0. The Bertz CT molecular complexity index is 272. The van der Waals surface area contributed by atoms with E-state index >= 15 is 0 Å². The fourth-order valence-corrected chi connectivity index (χ4v) is 2.92. The lowest BCUT2D eigenvalue weighted by Gasteiger charge is -2.30. The van der Waals surface area contributed by atoms with Gasteiger partial charge >= 0.3 is 6.03 Å². The zero-order chi connectivity index (χ0) is 11.0. The van der Waals surface area contributed by atoms with E-state index in [4.69, 9.17) is 4.74 Å². The van der Waals surface area contributed by atoms with Crippen molar-refractivity contribution in [3.8, 4) is 0 Å². The number of urea groups is 1. The van der Waals surface area contributed by atoms with Crippen LogP contribution in [0.1, 0.15) is 32.1 Å². The van der Waals surface area contributed by atoms with Gasteiger partial charge in [0.15, 0.2) is 0 Å². The summed E-state index contributed by atoms with van der Waals surface area (Å²) >= 11 is 0. The SMILES string of the molecule is O=C1N(CC2CO2)CCN1C1CCCCC1. The van der Waals surface area contributed by atoms with E-state index in [1.807, 2.05) is 4.90 Å². The molecule has 4 nitrogen and oxygen atoms in total. The van der Waals surface area contributed by atoms with Gasteiger partial charge in [-0.3, -0.25) is 0 Å². The van der Waals surface area contributed by atoms with Crippen LogP contribution in [-0.4, -0.2) is 54.2 Å². The van der Waals surface area contributed by atoms with Gasteiger partial charge < -0.3 is 14.5 Å². The zero-order valence-corrected chi connectivity index (χ0v) is 9.73. The normalized spacial score (nSPS) is 31.2. The van der Waals surface area contributed by atoms with Gasteiger partial charge in [-0.15, -0.1) is 0 Å². The summed E-state index contributed by atoms with van der Waals surface area (Å²) in [5.74, 6) is 0. The van der Waals surface area contributed by atoms with Crippen molar-refractivity contribution < 1.29 is 9.53 Å². The van der Waals surface area contributed by atoms with E-state index in [0.717, 1.165) is 26.2 Å². The summed E-state index contributed by atoms with van der Waals surface area (Å²) < 4.78 is 5.19. The first-order valence-electron chi connectivity index (χ1n) is 6.52. The van der Waals surface area contributed by atoms with Crippen molar-refractivity contribution in [2.24, 2.45) is 0 Å². The molecule has 90 valence electrons. The smallest absolute Gasteiger partial charge is 0.320 e. The van der Waals surface area contributed by atoms with Gasteiger partial charge in [-0.05, 0) is 12.8 Å². The van der Waals surface area contributed by atoms with Crippen molar-refractivity contribution in [1.82, 2.24) is 9.80 Å². The molecule has 2 amide bonds. The standard InChI is InChI=1S/C12H20N2O2/c15-12-13(8-11-9-16-11)6-7-14(12)10-4-2-1-3-5-10/h10-11H,1-9H2. The van der Waals surface area contributed by atoms with E-state index in [-0.39, 0.29) is 6.03 Å². The monoisotopic (exact) mass is 224 g/mol. The highest BCUT2D eigenvalue weighted by Gasteiger charge is 2.37. The van der Waals surface area contributed by atoms with E-state index in [2.05, 4.69) is 4.90 Å². The second-order valence-corrected chi connectivity index (χ2v) is 5.17. The first kappa shape index (κ1) is 10.4. The Morgan fingerprint density at radius 3 is 2.62 bits per heavy atom. The number of rotatable bonds is 3. The minimum Gasteiger partial charge on any atom is -0.371 e. The predicted octanol–water partition coefficient (Wildman–Crippen LogP) is 1.46. The Kier molecular flexibility index (Phi) is 2.75. The molecule has 1 atom stereocenters. The van der Waals surface area contributed by atoms with Gasteiger partial charge in [0, 0.05) is 19.1 Å². The number of epoxide rings is 1. The Hall–Kier alpha value is -0.770. The fourth-order valence-electron chi connectivity index (χ4n) is 2.92. The van der Waals surface area contributed by atoms with Crippen molar-refractivity contribution in [3.05, 3.63) is 0 Å². The minimum atomic E-state index is 0.252. The molecule has 0 spiro atoms. The van der Waals surface area contributed by atoms with E-state index in [1.165, 1.54) is 32.1 Å². The van der Waals surface area contributed by atoms with Gasteiger partial charge in [-0.25, -0.2) is 4.79 Å². The van der Waals surface area contributed by atoms with Crippen LogP contribution in [0.5, 0.6) is 0 Å². The average molecular weight is 224 g/mol. The lowest BCUT2D eigenvalue weighted by atomic mass is 9.94. The van der Waals surface area contributed by atoms with Crippen LogP contribution in [0.25, 0.3) is 0 Å². The molecule has 0 aromatic rings. The topological polar surface area (TPSA) is 36.1 Å².